The standard InChI is InChI=1S/C15H12N2OS/c1-11(15(18)13-5-3-2-4-6-13)19-14-9-12(10-16)7-8-17-14/h2-9,11H,1H3/t11-/m0/s1. The van der Waals surface area contributed by atoms with Gasteiger partial charge in [-0.1, -0.05) is 42.1 Å². The van der Waals surface area contributed by atoms with Gasteiger partial charge >= 0.3 is 0 Å². The first-order chi connectivity index (χ1) is 9.20. The first kappa shape index (κ1) is 13.3. The van der Waals surface area contributed by atoms with Crippen molar-refractivity contribution in [3.05, 3.63) is 59.8 Å². The molecule has 0 aliphatic carbocycles. The molecule has 0 saturated heterocycles. The molecule has 1 heterocycles. The minimum absolute atomic E-state index is 0.0646. The predicted octanol–water partition coefficient (Wildman–Crippen LogP) is 3.32. The van der Waals surface area contributed by atoms with Gasteiger partial charge in [0.1, 0.15) is 0 Å². The number of hydrogen-bond donors (Lipinski definition) is 0. The summed E-state index contributed by atoms with van der Waals surface area (Å²) in [7, 11) is 0. The SMILES string of the molecule is C[C@H](Sc1cc(C#N)ccn1)C(=O)c1ccccc1. The van der Waals surface area contributed by atoms with Crippen LogP contribution in [0.5, 0.6) is 0 Å². The molecule has 4 heteroatoms. The van der Waals surface area contributed by atoms with Crippen molar-refractivity contribution >= 4 is 17.5 Å². The summed E-state index contributed by atoms with van der Waals surface area (Å²) in [5.41, 5.74) is 1.25. The highest BCUT2D eigenvalue weighted by molar-refractivity contribution is 8.00. The normalized spacial score (nSPS) is 11.6. The van der Waals surface area contributed by atoms with Crippen LogP contribution in [0.4, 0.5) is 0 Å². The van der Waals surface area contributed by atoms with Gasteiger partial charge in [-0.2, -0.15) is 5.26 Å². The summed E-state index contributed by atoms with van der Waals surface area (Å²) in [5.74, 6) is 0.0646. The van der Waals surface area contributed by atoms with Crippen LogP contribution in [-0.4, -0.2) is 16.0 Å². The topological polar surface area (TPSA) is 53.8 Å². The molecule has 3 nitrogen and oxygen atoms in total. The first-order valence-electron chi connectivity index (χ1n) is 5.83. The van der Waals surface area contributed by atoms with Crippen molar-refractivity contribution in [3.63, 3.8) is 0 Å². The molecule has 0 amide bonds. The summed E-state index contributed by atoms with van der Waals surface area (Å²) in [5, 5.41) is 9.29. The lowest BCUT2D eigenvalue weighted by Crippen LogP contribution is -2.13. The van der Waals surface area contributed by atoms with E-state index in [1.807, 2.05) is 25.1 Å². The van der Waals surface area contributed by atoms with Gasteiger partial charge in [0, 0.05) is 11.8 Å². The molecule has 2 aromatic rings. The number of carbonyl (C=O) groups is 1. The molecule has 1 aromatic heterocycles. The zero-order valence-electron chi connectivity index (χ0n) is 10.4. The van der Waals surface area contributed by atoms with Crippen LogP contribution in [0, 0.1) is 11.3 Å². The second-order valence-electron chi connectivity index (χ2n) is 3.98. The Hall–Kier alpha value is -2.12. The van der Waals surface area contributed by atoms with Crippen molar-refractivity contribution in [2.24, 2.45) is 0 Å². The third-order valence-corrected chi connectivity index (χ3v) is 3.62. The summed E-state index contributed by atoms with van der Waals surface area (Å²) >= 11 is 1.36. The molecular weight excluding hydrogens is 256 g/mol. The summed E-state index contributed by atoms with van der Waals surface area (Å²) < 4.78 is 0. The van der Waals surface area contributed by atoms with E-state index in [0.717, 1.165) is 0 Å². The van der Waals surface area contributed by atoms with Crippen LogP contribution in [0.1, 0.15) is 22.8 Å². The average molecular weight is 268 g/mol. The molecule has 0 fully saturated rings. The molecule has 0 radical (unpaired) electrons. The molecule has 0 spiro atoms. The van der Waals surface area contributed by atoms with Crippen molar-refractivity contribution in [1.82, 2.24) is 4.98 Å². The van der Waals surface area contributed by atoms with Crippen molar-refractivity contribution < 1.29 is 4.79 Å². The second-order valence-corrected chi connectivity index (χ2v) is 5.35. The maximum absolute atomic E-state index is 12.2. The number of nitrogens with zero attached hydrogens (tertiary/aromatic N) is 2. The van der Waals surface area contributed by atoms with Gasteiger partial charge in [0.25, 0.3) is 0 Å². The fraction of sp³-hybridized carbons (Fsp3) is 0.133. The number of thioether (sulfide) groups is 1. The van der Waals surface area contributed by atoms with Gasteiger partial charge in [-0.25, -0.2) is 4.98 Å². The number of nitriles is 1. The number of carbonyl (C=O) groups excluding carboxylic acids is 1. The van der Waals surface area contributed by atoms with E-state index in [9.17, 15) is 4.79 Å². The number of hydrogen-bond acceptors (Lipinski definition) is 4. The Labute approximate surface area is 116 Å². The predicted molar refractivity (Wildman–Crippen MR) is 75.0 cm³/mol. The van der Waals surface area contributed by atoms with Crippen LogP contribution in [0.2, 0.25) is 0 Å². The highest BCUT2D eigenvalue weighted by atomic mass is 32.2. The van der Waals surface area contributed by atoms with Crippen LogP contribution >= 0.6 is 11.8 Å². The van der Waals surface area contributed by atoms with E-state index in [-0.39, 0.29) is 11.0 Å². The van der Waals surface area contributed by atoms with Crippen LogP contribution in [0.25, 0.3) is 0 Å². The molecule has 1 aromatic carbocycles. The summed E-state index contributed by atoms with van der Waals surface area (Å²) in [6, 6.07) is 14.6. The van der Waals surface area contributed by atoms with Crippen LogP contribution in [-0.2, 0) is 0 Å². The molecule has 0 unspecified atom stereocenters. The number of aromatic nitrogens is 1. The fourth-order valence-electron chi connectivity index (χ4n) is 1.62. The molecule has 94 valence electrons. The van der Waals surface area contributed by atoms with Crippen molar-refractivity contribution in [1.29, 1.82) is 5.26 Å². The van der Waals surface area contributed by atoms with Gasteiger partial charge in [-0.3, -0.25) is 4.79 Å². The molecule has 2 rings (SSSR count). The number of Topliss-reactive ketones (excluding diaryl/α,β-unsaturated/α-hetero) is 1. The Morgan fingerprint density at radius 1 is 1.32 bits per heavy atom. The van der Waals surface area contributed by atoms with Gasteiger partial charge in [0.05, 0.1) is 21.9 Å². The lowest BCUT2D eigenvalue weighted by molar-refractivity contribution is 0.0994. The van der Waals surface area contributed by atoms with Gasteiger partial charge in [-0.15, -0.1) is 0 Å². The Kier molecular flexibility index (Phi) is 4.32. The van der Waals surface area contributed by atoms with E-state index in [1.54, 1.807) is 30.5 Å². The van der Waals surface area contributed by atoms with Gasteiger partial charge in [-0.05, 0) is 19.1 Å². The lowest BCUT2D eigenvalue weighted by Gasteiger charge is -2.09. The van der Waals surface area contributed by atoms with E-state index in [1.165, 1.54) is 11.8 Å². The minimum atomic E-state index is -0.233. The molecule has 0 aliphatic heterocycles. The van der Waals surface area contributed by atoms with Crippen LogP contribution < -0.4 is 0 Å². The Morgan fingerprint density at radius 2 is 2.05 bits per heavy atom. The van der Waals surface area contributed by atoms with E-state index in [2.05, 4.69) is 11.1 Å². The van der Waals surface area contributed by atoms with Gasteiger partial charge in [0.2, 0.25) is 0 Å². The zero-order valence-corrected chi connectivity index (χ0v) is 11.2. The molecule has 0 aliphatic rings. The summed E-state index contributed by atoms with van der Waals surface area (Å²) in [6.07, 6.45) is 1.58. The highest BCUT2D eigenvalue weighted by Crippen LogP contribution is 2.24. The van der Waals surface area contributed by atoms with E-state index in [0.29, 0.717) is 16.2 Å². The second kappa shape index (κ2) is 6.17. The Balaban J connectivity index is 2.11. The number of ketones is 1. The number of benzene rings is 1. The third-order valence-electron chi connectivity index (χ3n) is 2.59. The third kappa shape index (κ3) is 3.43. The maximum atomic E-state index is 12.2. The molecule has 19 heavy (non-hydrogen) atoms. The van der Waals surface area contributed by atoms with E-state index in [4.69, 9.17) is 5.26 Å². The summed E-state index contributed by atoms with van der Waals surface area (Å²) in [4.78, 5) is 16.4. The van der Waals surface area contributed by atoms with E-state index < -0.39 is 0 Å². The minimum Gasteiger partial charge on any atom is -0.293 e. The fourth-order valence-corrected chi connectivity index (χ4v) is 2.54. The number of rotatable bonds is 4. The van der Waals surface area contributed by atoms with Crippen molar-refractivity contribution in [2.75, 3.05) is 0 Å². The van der Waals surface area contributed by atoms with E-state index >= 15 is 0 Å². The number of pyridine rings is 1. The van der Waals surface area contributed by atoms with Crippen molar-refractivity contribution in [3.8, 4) is 6.07 Å². The Bertz CT molecular complexity index is 620. The maximum Gasteiger partial charge on any atom is 0.175 e. The van der Waals surface area contributed by atoms with Crippen LogP contribution in [0.15, 0.2) is 53.7 Å². The van der Waals surface area contributed by atoms with Crippen LogP contribution in [0.3, 0.4) is 0 Å². The Morgan fingerprint density at radius 3 is 2.74 bits per heavy atom. The molecule has 0 bridgehead atoms. The lowest BCUT2D eigenvalue weighted by atomic mass is 10.1. The highest BCUT2D eigenvalue weighted by Gasteiger charge is 2.16. The quantitative estimate of drug-likeness (QED) is 0.630. The molecule has 0 saturated carbocycles. The molecule has 0 N–H and O–H groups in total. The smallest absolute Gasteiger partial charge is 0.175 e. The van der Waals surface area contributed by atoms with Crippen molar-refractivity contribution in [2.45, 2.75) is 17.2 Å². The molecule has 1 atom stereocenters. The van der Waals surface area contributed by atoms with Gasteiger partial charge in [0.15, 0.2) is 5.78 Å². The zero-order chi connectivity index (χ0) is 13.7. The monoisotopic (exact) mass is 268 g/mol. The molecular formula is C15H12N2OS. The first-order valence-corrected chi connectivity index (χ1v) is 6.71. The average Bonchev–Trinajstić information content (AvgIpc) is 2.47. The summed E-state index contributed by atoms with van der Waals surface area (Å²) in [6.45, 7) is 1.85. The largest absolute Gasteiger partial charge is 0.293 e. The van der Waals surface area contributed by atoms with Gasteiger partial charge < -0.3 is 0 Å².